The van der Waals surface area contributed by atoms with Crippen LogP contribution in [0.4, 0.5) is 0 Å². The lowest BCUT2D eigenvalue weighted by Crippen LogP contribution is -2.51. The number of aliphatic carboxylic acids is 3. The molecule has 7 nitrogen and oxygen atoms in total. The van der Waals surface area contributed by atoms with Crippen LogP contribution in [-0.4, -0.2) is 58.8 Å². The summed E-state index contributed by atoms with van der Waals surface area (Å²) in [4.78, 5) is 32.9. The van der Waals surface area contributed by atoms with Crippen LogP contribution in [0.5, 0.6) is 0 Å². The highest BCUT2D eigenvalue weighted by molar-refractivity contribution is 5.66. The van der Waals surface area contributed by atoms with Gasteiger partial charge in [0.2, 0.25) is 0 Å². The van der Waals surface area contributed by atoms with Crippen molar-refractivity contribution in [1.82, 2.24) is 0 Å². The fraction of sp³-hybridized carbons (Fsp3) is 0.865. The van der Waals surface area contributed by atoms with Crippen molar-refractivity contribution in [1.29, 1.82) is 0 Å². The fourth-order valence-corrected chi connectivity index (χ4v) is 6.24. The molecule has 7 heteroatoms. The molecule has 0 spiro atoms. The molecule has 0 unspecified atom stereocenters. The highest BCUT2D eigenvalue weighted by Gasteiger charge is 2.26. The number of carbonyl (C=O) groups is 3. The van der Waals surface area contributed by atoms with Gasteiger partial charge in [0.25, 0.3) is 0 Å². The van der Waals surface area contributed by atoms with Crippen LogP contribution in [0.1, 0.15) is 180 Å². The van der Waals surface area contributed by atoms with Crippen molar-refractivity contribution in [3.05, 3.63) is 12.2 Å². The number of carboxylic acids is 3. The maximum Gasteiger partial charge on any atom is 0.303 e. The van der Waals surface area contributed by atoms with Gasteiger partial charge in [0.05, 0.1) is 26.2 Å². The SMILES string of the molecule is CCCCCCCCCCCC/C=C/CCCCCCCC[N+](CCCCC(=O)[O-])(CCCCC(=O)O)CCCCC(=O)O. The molecule has 44 heavy (non-hydrogen) atoms. The van der Waals surface area contributed by atoms with E-state index in [0.29, 0.717) is 19.3 Å². The predicted octanol–water partition coefficient (Wildman–Crippen LogP) is 8.83. The van der Waals surface area contributed by atoms with Gasteiger partial charge < -0.3 is 24.6 Å². The lowest BCUT2D eigenvalue weighted by molar-refractivity contribution is -0.929. The first-order chi connectivity index (χ1) is 21.3. The maximum absolute atomic E-state index is 11.0. The van der Waals surface area contributed by atoms with Crippen LogP contribution in [0.25, 0.3) is 0 Å². The van der Waals surface area contributed by atoms with Crippen molar-refractivity contribution in [3.8, 4) is 0 Å². The minimum Gasteiger partial charge on any atom is -0.550 e. The molecular weight excluding hydrogens is 554 g/mol. The molecule has 2 N–H and O–H groups in total. The molecule has 0 rings (SSSR count). The van der Waals surface area contributed by atoms with Crippen LogP contribution in [0.3, 0.4) is 0 Å². The average Bonchev–Trinajstić information content (AvgIpc) is 2.98. The Morgan fingerprint density at radius 1 is 0.477 bits per heavy atom. The maximum atomic E-state index is 11.0. The number of nitrogens with zero attached hydrogens (tertiary/aromatic N) is 1. The zero-order valence-electron chi connectivity index (χ0n) is 28.5. The predicted molar refractivity (Wildman–Crippen MR) is 179 cm³/mol. The monoisotopic (exact) mass is 624 g/mol. The number of allylic oxidation sites excluding steroid dienone is 2. The van der Waals surface area contributed by atoms with E-state index in [4.69, 9.17) is 10.2 Å². The Morgan fingerprint density at radius 2 is 0.795 bits per heavy atom. The Kier molecular flexibility index (Phi) is 29.8. The van der Waals surface area contributed by atoms with Crippen molar-refractivity contribution >= 4 is 17.9 Å². The van der Waals surface area contributed by atoms with Crippen LogP contribution >= 0.6 is 0 Å². The van der Waals surface area contributed by atoms with E-state index in [9.17, 15) is 19.5 Å². The summed E-state index contributed by atoms with van der Waals surface area (Å²) in [6, 6.07) is 0. The molecule has 0 bridgehead atoms. The Balaban J connectivity index is 4.27. The molecule has 0 aliphatic rings. The van der Waals surface area contributed by atoms with Crippen molar-refractivity contribution in [2.24, 2.45) is 0 Å². The number of hydrogen-bond donors (Lipinski definition) is 2. The Bertz CT molecular complexity index is 668. The zero-order valence-corrected chi connectivity index (χ0v) is 28.5. The van der Waals surface area contributed by atoms with Crippen LogP contribution < -0.4 is 5.11 Å². The van der Waals surface area contributed by atoms with Crippen LogP contribution in [0, 0.1) is 0 Å². The Hall–Kier alpha value is -1.89. The minimum atomic E-state index is -1.02. The summed E-state index contributed by atoms with van der Waals surface area (Å²) in [5, 5.41) is 29.0. The second kappa shape index (κ2) is 31.1. The fourth-order valence-electron chi connectivity index (χ4n) is 6.24. The van der Waals surface area contributed by atoms with Crippen LogP contribution in [-0.2, 0) is 14.4 Å². The largest absolute Gasteiger partial charge is 0.550 e. The summed E-state index contributed by atoms with van der Waals surface area (Å²) in [6.45, 7) is 5.87. The van der Waals surface area contributed by atoms with E-state index < -0.39 is 17.9 Å². The zero-order chi connectivity index (χ0) is 32.6. The third-order valence-electron chi connectivity index (χ3n) is 8.95. The van der Waals surface area contributed by atoms with E-state index in [0.717, 1.165) is 62.8 Å². The standard InChI is InChI=1S/C37H69NO6/c1-2-3-4-5-6-7-8-9-10-11-12-13-14-15-16-17-18-19-20-24-31-38(32-25-21-28-35(39)40,33-26-22-29-36(41)42)34-27-23-30-37(43)44/h13-14H,2-12,15-34H2,1H3,(H2-,39,40,41,42,43,44)/b14-13+. The molecule has 0 saturated carbocycles. The van der Waals surface area contributed by atoms with Crippen molar-refractivity contribution < 1.29 is 34.2 Å². The molecule has 0 saturated heterocycles. The van der Waals surface area contributed by atoms with E-state index in [1.54, 1.807) is 0 Å². The van der Waals surface area contributed by atoms with Gasteiger partial charge in [-0.05, 0) is 83.5 Å². The van der Waals surface area contributed by atoms with Gasteiger partial charge in [0, 0.05) is 18.8 Å². The number of quaternary nitrogens is 1. The molecule has 0 aliphatic carbocycles. The summed E-state index contributed by atoms with van der Waals surface area (Å²) < 4.78 is 0.843. The van der Waals surface area contributed by atoms with E-state index >= 15 is 0 Å². The Labute approximate surface area is 270 Å². The van der Waals surface area contributed by atoms with Crippen molar-refractivity contribution in [2.75, 3.05) is 26.2 Å². The summed E-state index contributed by atoms with van der Waals surface area (Å²) in [5.74, 6) is -2.57. The molecule has 0 aromatic rings. The summed E-state index contributed by atoms with van der Waals surface area (Å²) in [7, 11) is 0. The summed E-state index contributed by atoms with van der Waals surface area (Å²) >= 11 is 0. The quantitative estimate of drug-likeness (QED) is 0.0414. The second-order valence-electron chi connectivity index (χ2n) is 13.1. The molecule has 0 radical (unpaired) electrons. The molecular formula is C37H69NO6. The molecule has 258 valence electrons. The van der Waals surface area contributed by atoms with Gasteiger partial charge in [-0.15, -0.1) is 0 Å². The van der Waals surface area contributed by atoms with Gasteiger partial charge >= 0.3 is 11.9 Å². The van der Waals surface area contributed by atoms with Gasteiger partial charge in [0.1, 0.15) is 0 Å². The topological polar surface area (TPSA) is 115 Å². The highest BCUT2D eigenvalue weighted by Crippen LogP contribution is 2.20. The number of carboxylic acid groups (broad SMARTS) is 3. The van der Waals surface area contributed by atoms with Gasteiger partial charge in [-0.3, -0.25) is 9.59 Å². The van der Waals surface area contributed by atoms with Crippen LogP contribution in [0.2, 0.25) is 0 Å². The first kappa shape index (κ1) is 42.1. The molecule has 0 aromatic heterocycles. The van der Waals surface area contributed by atoms with Gasteiger partial charge in [0.15, 0.2) is 0 Å². The minimum absolute atomic E-state index is 0.0620. The molecule has 0 aromatic carbocycles. The van der Waals surface area contributed by atoms with Crippen LogP contribution in [0.15, 0.2) is 12.2 Å². The first-order valence-corrected chi connectivity index (χ1v) is 18.4. The average molecular weight is 624 g/mol. The third-order valence-corrected chi connectivity index (χ3v) is 8.95. The Morgan fingerprint density at radius 3 is 1.16 bits per heavy atom. The number of unbranched alkanes of at least 4 members (excludes halogenated alkanes) is 19. The molecule has 0 atom stereocenters. The lowest BCUT2D eigenvalue weighted by atomic mass is 10.1. The smallest absolute Gasteiger partial charge is 0.303 e. The number of rotatable bonds is 35. The first-order valence-electron chi connectivity index (χ1n) is 18.4. The van der Waals surface area contributed by atoms with E-state index in [2.05, 4.69) is 19.1 Å². The second-order valence-corrected chi connectivity index (χ2v) is 13.1. The van der Waals surface area contributed by atoms with Crippen molar-refractivity contribution in [2.45, 2.75) is 180 Å². The third kappa shape index (κ3) is 30.1. The van der Waals surface area contributed by atoms with Gasteiger partial charge in [-0.25, -0.2) is 0 Å². The summed E-state index contributed by atoms with van der Waals surface area (Å²) in [6.07, 6.45) is 32.9. The highest BCUT2D eigenvalue weighted by atomic mass is 16.4. The van der Waals surface area contributed by atoms with Crippen molar-refractivity contribution in [3.63, 3.8) is 0 Å². The van der Waals surface area contributed by atoms with E-state index in [-0.39, 0.29) is 19.3 Å². The normalized spacial score (nSPS) is 11.8. The number of carbonyl (C=O) groups excluding carboxylic acids is 1. The molecule has 0 aliphatic heterocycles. The lowest BCUT2D eigenvalue weighted by Gasteiger charge is -2.39. The summed E-state index contributed by atoms with van der Waals surface area (Å²) in [5.41, 5.74) is 0. The van der Waals surface area contributed by atoms with E-state index in [1.165, 1.54) is 103 Å². The number of hydrogen-bond acceptors (Lipinski definition) is 4. The van der Waals surface area contributed by atoms with Gasteiger partial charge in [-0.1, -0.05) is 96.1 Å². The molecule has 0 heterocycles. The van der Waals surface area contributed by atoms with E-state index in [1.807, 2.05) is 0 Å². The molecule has 0 amide bonds. The molecule has 0 fully saturated rings. The van der Waals surface area contributed by atoms with Gasteiger partial charge in [-0.2, -0.15) is 0 Å².